The van der Waals surface area contributed by atoms with E-state index in [-0.39, 0.29) is 3.70 Å². The summed E-state index contributed by atoms with van der Waals surface area (Å²) in [6.45, 7) is 0. The van der Waals surface area contributed by atoms with Gasteiger partial charge in [-0.2, -0.15) is 13.2 Å². The van der Waals surface area contributed by atoms with Gasteiger partial charge >= 0.3 is 6.18 Å². The SMILES string of the molecule is N=C(/C=C(/I)Nc1ccc(F)cc1I)C(F)(F)F. The van der Waals surface area contributed by atoms with E-state index in [1.165, 1.54) is 18.2 Å². The van der Waals surface area contributed by atoms with Crippen molar-refractivity contribution in [2.75, 3.05) is 5.32 Å². The van der Waals surface area contributed by atoms with E-state index >= 15 is 0 Å². The number of benzene rings is 1. The second kappa shape index (κ2) is 6.17. The highest BCUT2D eigenvalue weighted by molar-refractivity contribution is 14.1. The molecule has 1 aromatic carbocycles. The molecule has 0 saturated heterocycles. The van der Waals surface area contributed by atoms with E-state index in [0.29, 0.717) is 15.3 Å². The van der Waals surface area contributed by atoms with Gasteiger partial charge in [-0.05, 0) is 69.5 Å². The zero-order chi connectivity index (χ0) is 13.9. The highest BCUT2D eigenvalue weighted by Gasteiger charge is 2.32. The molecule has 1 aromatic rings. The minimum atomic E-state index is -4.67. The van der Waals surface area contributed by atoms with E-state index in [4.69, 9.17) is 5.41 Å². The van der Waals surface area contributed by atoms with Crippen molar-refractivity contribution in [1.82, 2.24) is 0 Å². The van der Waals surface area contributed by atoms with E-state index in [0.717, 1.165) is 0 Å². The Bertz CT molecular complexity index is 497. The summed E-state index contributed by atoms with van der Waals surface area (Å²) in [5, 5.41) is 9.49. The summed E-state index contributed by atoms with van der Waals surface area (Å²) in [5.74, 6) is -0.424. The molecule has 2 N–H and O–H groups in total. The lowest BCUT2D eigenvalue weighted by Crippen LogP contribution is -2.20. The highest BCUT2D eigenvalue weighted by atomic mass is 127. The first-order valence-corrected chi connectivity index (χ1v) is 6.61. The van der Waals surface area contributed by atoms with Crippen molar-refractivity contribution in [1.29, 1.82) is 5.41 Å². The highest BCUT2D eigenvalue weighted by Crippen LogP contribution is 2.24. The van der Waals surface area contributed by atoms with Crippen LogP contribution in [0.15, 0.2) is 28.0 Å². The maximum absolute atomic E-state index is 12.8. The van der Waals surface area contributed by atoms with Crippen molar-refractivity contribution in [2.45, 2.75) is 6.18 Å². The molecule has 18 heavy (non-hydrogen) atoms. The molecule has 0 spiro atoms. The Kier molecular flexibility index (Phi) is 5.37. The van der Waals surface area contributed by atoms with Crippen molar-refractivity contribution in [3.63, 3.8) is 0 Å². The molecule has 1 rings (SSSR count). The Labute approximate surface area is 128 Å². The van der Waals surface area contributed by atoms with Gasteiger partial charge in [-0.3, -0.25) is 5.41 Å². The molecule has 0 fully saturated rings. The molecule has 2 nitrogen and oxygen atoms in total. The Morgan fingerprint density at radius 2 is 1.94 bits per heavy atom. The maximum Gasteiger partial charge on any atom is 0.432 e. The van der Waals surface area contributed by atoms with Gasteiger partial charge < -0.3 is 5.32 Å². The van der Waals surface area contributed by atoms with Gasteiger partial charge in [0.1, 0.15) is 11.5 Å². The quantitative estimate of drug-likeness (QED) is 0.278. The van der Waals surface area contributed by atoms with Crippen molar-refractivity contribution in [3.8, 4) is 0 Å². The Hall–Kier alpha value is -0.390. The summed E-state index contributed by atoms with van der Waals surface area (Å²) in [6, 6.07) is 3.87. The first-order chi connectivity index (χ1) is 8.20. The van der Waals surface area contributed by atoms with Crippen LogP contribution in [0, 0.1) is 14.8 Å². The molecule has 0 bridgehead atoms. The lowest BCUT2D eigenvalue weighted by atomic mass is 10.3. The molecule has 0 aromatic heterocycles. The van der Waals surface area contributed by atoms with E-state index in [1.54, 1.807) is 22.6 Å². The molecule has 0 aliphatic rings. The Morgan fingerprint density at radius 3 is 2.44 bits per heavy atom. The van der Waals surface area contributed by atoms with Gasteiger partial charge in [0, 0.05) is 3.57 Å². The molecular weight excluding hydrogens is 478 g/mol. The largest absolute Gasteiger partial charge is 0.432 e. The van der Waals surface area contributed by atoms with Gasteiger partial charge in [-0.1, -0.05) is 0 Å². The second-order valence-electron chi connectivity index (χ2n) is 3.15. The maximum atomic E-state index is 12.8. The van der Waals surface area contributed by atoms with Crippen molar-refractivity contribution >= 4 is 56.6 Å². The lowest BCUT2D eigenvalue weighted by molar-refractivity contribution is -0.0584. The molecular formula is C10H6F4I2N2. The van der Waals surface area contributed by atoms with Crippen LogP contribution in [0.5, 0.6) is 0 Å². The average molecular weight is 484 g/mol. The zero-order valence-electron chi connectivity index (χ0n) is 8.58. The smallest absolute Gasteiger partial charge is 0.350 e. The fraction of sp³-hybridized carbons (Fsp3) is 0.100. The number of anilines is 1. The summed E-state index contributed by atoms with van der Waals surface area (Å²) < 4.78 is 49.9. The molecule has 0 aliphatic heterocycles. The normalized spacial score (nSPS) is 12.4. The first kappa shape index (κ1) is 15.7. The van der Waals surface area contributed by atoms with Gasteiger partial charge in [0.15, 0.2) is 0 Å². The fourth-order valence-corrected chi connectivity index (χ4v) is 2.18. The third kappa shape index (κ3) is 4.71. The predicted octanol–water partition coefficient (Wildman–Crippen LogP) is 4.70. The summed E-state index contributed by atoms with van der Waals surface area (Å²) >= 11 is 3.50. The standard InChI is InChI=1S/C10H6F4I2N2/c11-5-1-2-7(6(15)3-5)18-9(16)4-8(17)10(12,13)14/h1-4,17-18H/b9-4-,17-8?. The van der Waals surface area contributed by atoms with Crippen LogP contribution in [0.3, 0.4) is 0 Å². The van der Waals surface area contributed by atoms with E-state index in [1.807, 2.05) is 22.6 Å². The van der Waals surface area contributed by atoms with Crippen molar-refractivity contribution in [2.24, 2.45) is 0 Å². The molecule has 0 unspecified atom stereocenters. The Morgan fingerprint density at radius 1 is 1.33 bits per heavy atom. The molecule has 0 aliphatic carbocycles. The van der Waals surface area contributed by atoms with Crippen LogP contribution in [-0.2, 0) is 0 Å². The summed E-state index contributed by atoms with van der Waals surface area (Å²) in [4.78, 5) is 0. The number of hydrogen-bond donors (Lipinski definition) is 2. The molecule has 0 saturated carbocycles. The molecule has 0 amide bonds. The summed E-state index contributed by atoms with van der Waals surface area (Å²) in [7, 11) is 0. The Balaban J connectivity index is 2.85. The van der Waals surface area contributed by atoms with Crippen LogP contribution < -0.4 is 5.32 Å². The minimum Gasteiger partial charge on any atom is -0.350 e. The van der Waals surface area contributed by atoms with Crippen LogP contribution in [0.1, 0.15) is 0 Å². The number of nitrogens with one attached hydrogen (secondary N) is 2. The molecule has 0 atom stereocenters. The third-order valence-electron chi connectivity index (χ3n) is 1.76. The fourth-order valence-electron chi connectivity index (χ4n) is 0.964. The monoisotopic (exact) mass is 484 g/mol. The third-order valence-corrected chi connectivity index (χ3v) is 3.24. The van der Waals surface area contributed by atoms with E-state index in [2.05, 4.69) is 5.32 Å². The van der Waals surface area contributed by atoms with Crippen LogP contribution in [0.2, 0.25) is 0 Å². The number of halogens is 6. The molecule has 0 heterocycles. The van der Waals surface area contributed by atoms with Crippen molar-refractivity contribution < 1.29 is 17.6 Å². The van der Waals surface area contributed by atoms with Gasteiger partial charge in [0.05, 0.1) is 9.39 Å². The van der Waals surface area contributed by atoms with Crippen LogP contribution in [0.4, 0.5) is 23.2 Å². The second-order valence-corrected chi connectivity index (χ2v) is 5.48. The van der Waals surface area contributed by atoms with Crippen LogP contribution in [0.25, 0.3) is 0 Å². The van der Waals surface area contributed by atoms with E-state index < -0.39 is 17.7 Å². The zero-order valence-corrected chi connectivity index (χ0v) is 12.9. The number of alkyl halides is 3. The lowest BCUT2D eigenvalue weighted by Gasteiger charge is -2.09. The summed E-state index contributed by atoms with van der Waals surface area (Å²) in [5.41, 5.74) is -0.968. The van der Waals surface area contributed by atoms with Gasteiger partial charge in [0.2, 0.25) is 0 Å². The van der Waals surface area contributed by atoms with Crippen LogP contribution in [-0.4, -0.2) is 11.9 Å². The average Bonchev–Trinajstić information content (AvgIpc) is 2.20. The topological polar surface area (TPSA) is 35.9 Å². The first-order valence-electron chi connectivity index (χ1n) is 4.45. The van der Waals surface area contributed by atoms with Gasteiger partial charge in [-0.15, -0.1) is 0 Å². The molecule has 0 radical (unpaired) electrons. The number of rotatable bonds is 3. The molecule has 8 heteroatoms. The van der Waals surface area contributed by atoms with Gasteiger partial charge in [-0.25, -0.2) is 4.39 Å². The minimum absolute atomic E-state index is 0.124. The molecule has 98 valence electrons. The number of allylic oxidation sites excluding steroid dienone is 1. The van der Waals surface area contributed by atoms with Gasteiger partial charge in [0.25, 0.3) is 0 Å². The summed E-state index contributed by atoms with van der Waals surface area (Å²) in [6.07, 6.45) is -4.01. The predicted molar refractivity (Wildman–Crippen MR) is 78.6 cm³/mol. The van der Waals surface area contributed by atoms with Crippen molar-refractivity contribution in [3.05, 3.63) is 37.4 Å². The van der Waals surface area contributed by atoms with E-state index in [9.17, 15) is 17.6 Å². The number of hydrogen-bond acceptors (Lipinski definition) is 2. The van der Waals surface area contributed by atoms with Crippen LogP contribution >= 0.6 is 45.2 Å².